The predicted molar refractivity (Wildman–Crippen MR) is 287 cm³/mol. The van der Waals surface area contributed by atoms with Crippen molar-refractivity contribution in [1.29, 1.82) is 5.41 Å². The summed E-state index contributed by atoms with van der Waals surface area (Å²) in [6.45, 7) is 9.40. The topological polar surface area (TPSA) is 179 Å². The van der Waals surface area contributed by atoms with Crippen molar-refractivity contribution in [3.05, 3.63) is 126 Å². The third-order valence-electron chi connectivity index (χ3n) is 12.7. The van der Waals surface area contributed by atoms with Gasteiger partial charge in [-0.3, -0.25) is 4.68 Å². The molecule has 0 radical (unpaired) electrons. The maximum absolute atomic E-state index is 12.2. The van der Waals surface area contributed by atoms with Crippen LogP contribution in [0.5, 0.6) is 0 Å². The standard InChI is InChI=1S/C52H66Cl4N10O6/c1-64-31-43(41-25-39(53)27-47(55)45(41)33-64)35-5-7-37(29-57)49(23-35)58-11-15-69-19-20-70-16-12-61-51(67)59-9-3-4-10-60-52(68)62-13-17-71-21-22-72-18-14-66-50-24-36(6-8-38(50)30-63-66)44-32-65(2)34-46-42(44)26-40(54)28-48(46)56/h5-8,23-30,43-44,57-58H,3-4,9-22,31-34H2,1-2H3,(H2,59,61,67)(H2,60,62,68). The highest BCUT2D eigenvalue weighted by Crippen LogP contribution is 2.41. The number of nitrogens with one attached hydrogen (secondary N) is 6. The molecule has 0 fully saturated rings. The Kier molecular flexibility index (Phi) is 21.5. The zero-order chi connectivity index (χ0) is 50.8. The van der Waals surface area contributed by atoms with Crippen LogP contribution in [-0.4, -0.2) is 151 Å². The van der Waals surface area contributed by atoms with E-state index in [2.05, 4.69) is 85.9 Å². The molecule has 5 aromatic rings. The normalized spacial score (nSPS) is 15.8. The van der Waals surface area contributed by atoms with Gasteiger partial charge < -0.3 is 60.7 Å². The van der Waals surface area contributed by atoms with Crippen molar-refractivity contribution in [3.63, 3.8) is 0 Å². The number of anilines is 1. The number of halogens is 4. The highest BCUT2D eigenvalue weighted by Gasteiger charge is 2.29. The lowest BCUT2D eigenvalue weighted by Gasteiger charge is -2.33. The number of aromatic nitrogens is 2. The predicted octanol–water partition coefficient (Wildman–Crippen LogP) is 8.36. The van der Waals surface area contributed by atoms with Crippen LogP contribution in [0.4, 0.5) is 15.3 Å². The second-order valence-electron chi connectivity index (χ2n) is 18.0. The Labute approximate surface area is 442 Å². The first-order valence-corrected chi connectivity index (χ1v) is 26.0. The van der Waals surface area contributed by atoms with Gasteiger partial charge in [0.25, 0.3) is 0 Å². The van der Waals surface area contributed by atoms with Gasteiger partial charge >= 0.3 is 12.1 Å². The van der Waals surface area contributed by atoms with Crippen LogP contribution in [0.3, 0.4) is 0 Å². The zero-order valence-corrected chi connectivity index (χ0v) is 44.0. The van der Waals surface area contributed by atoms with E-state index < -0.39 is 0 Å². The number of amides is 4. The van der Waals surface area contributed by atoms with Gasteiger partial charge in [-0.25, -0.2) is 9.59 Å². The van der Waals surface area contributed by atoms with Crippen LogP contribution in [0, 0.1) is 5.41 Å². The monoisotopic (exact) mass is 1070 g/mol. The summed E-state index contributed by atoms with van der Waals surface area (Å²) in [6, 6.07) is 19.7. The second-order valence-corrected chi connectivity index (χ2v) is 19.7. The highest BCUT2D eigenvalue weighted by molar-refractivity contribution is 6.35. The molecule has 72 heavy (non-hydrogen) atoms. The summed E-state index contributed by atoms with van der Waals surface area (Å²) >= 11 is 26.0. The van der Waals surface area contributed by atoms with E-state index in [9.17, 15) is 9.59 Å². The van der Waals surface area contributed by atoms with Crippen molar-refractivity contribution in [3.8, 4) is 0 Å². The van der Waals surface area contributed by atoms with E-state index in [4.69, 9.17) is 70.8 Å². The Bertz CT molecular complexity index is 2600. The van der Waals surface area contributed by atoms with Crippen LogP contribution in [-0.2, 0) is 38.6 Å². The molecule has 6 N–H and O–H groups in total. The number of carbonyl (C=O) groups is 2. The number of benzene rings is 4. The van der Waals surface area contributed by atoms with E-state index in [1.54, 1.807) is 6.07 Å². The van der Waals surface area contributed by atoms with Crippen molar-refractivity contribution in [2.24, 2.45) is 0 Å². The number of hydrogen-bond acceptors (Lipinski definition) is 11. The number of ether oxygens (including phenoxy) is 4. The minimum absolute atomic E-state index is 0.0964. The minimum atomic E-state index is -0.272. The summed E-state index contributed by atoms with van der Waals surface area (Å²) in [4.78, 5) is 28.9. The smallest absolute Gasteiger partial charge is 0.314 e. The molecule has 4 aromatic carbocycles. The molecule has 2 aliphatic heterocycles. The Morgan fingerprint density at radius 2 is 1.14 bits per heavy atom. The number of rotatable bonds is 27. The Hall–Kier alpha value is -4.72. The average Bonchev–Trinajstić information content (AvgIpc) is 3.77. The number of unbranched alkanes of at least 4 members (excludes halogenated alkanes) is 1. The van der Waals surface area contributed by atoms with E-state index in [1.165, 1.54) is 17.3 Å². The summed E-state index contributed by atoms with van der Waals surface area (Å²) in [5.74, 6) is 0.240. The molecule has 3 heterocycles. The van der Waals surface area contributed by atoms with E-state index in [0.717, 1.165) is 70.6 Å². The Morgan fingerprint density at radius 3 is 1.69 bits per heavy atom. The molecule has 2 unspecified atom stereocenters. The number of urea groups is 2. The van der Waals surface area contributed by atoms with Crippen LogP contribution in [0.15, 0.2) is 66.9 Å². The van der Waals surface area contributed by atoms with Crippen LogP contribution < -0.4 is 26.6 Å². The van der Waals surface area contributed by atoms with Gasteiger partial charge in [-0.15, -0.1) is 0 Å². The lowest BCUT2D eigenvalue weighted by molar-refractivity contribution is 0.0458. The summed E-state index contributed by atoms with van der Waals surface area (Å²) in [5, 5.41) is 30.9. The van der Waals surface area contributed by atoms with Crippen molar-refractivity contribution in [2.45, 2.75) is 44.3 Å². The van der Waals surface area contributed by atoms with Gasteiger partial charge in [0.05, 0.1) is 71.1 Å². The Morgan fingerprint density at radius 1 is 0.639 bits per heavy atom. The van der Waals surface area contributed by atoms with Gasteiger partial charge in [-0.05, 0) is 96.7 Å². The molecular formula is C52H66Cl4N10O6. The van der Waals surface area contributed by atoms with E-state index >= 15 is 0 Å². The van der Waals surface area contributed by atoms with E-state index in [0.29, 0.717) is 125 Å². The first-order valence-electron chi connectivity index (χ1n) is 24.5. The lowest BCUT2D eigenvalue weighted by Crippen LogP contribution is -2.39. The summed E-state index contributed by atoms with van der Waals surface area (Å²) in [6.07, 6.45) is 4.64. The molecule has 0 saturated heterocycles. The van der Waals surface area contributed by atoms with Gasteiger partial charge in [-0.2, -0.15) is 5.10 Å². The average molecular weight is 1070 g/mol. The summed E-state index contributed by atoms with van der Waals surface area (Å²) < 4.78 is 24.8. The fourth-order valence-electron chi connectivity index (χ4n) is 9.12. The lowest BCUT2D eigenvalue weighted by atomic mass is 9.84. The van der Waals surface area contributed by atoms with Gasteiger partial charge in [-0.1, -0.05) is 70.7 Å². The minimum Gasteiger partial charge on any atom is -0.382 e. The van der Waals surface area contributed by atoms with Crippen LogP contribution >= 0.6 is 46.4 Å². The molecular weight excluding hydrogens is 1000 g/mol. The SMILES string of the molecule is CN1Cc2c(Cl)cc(Cl)cc2C(c2ccc(C=N)c(NCCOCCOCCNC(=O)NCCCCNC(=O)NCCOCCOCCn3ncc4ccc(C5CN(C)Cc6c(Cl)cc(Cl)cc65)cc43)c2)C1. The van der Waals surface area contributed by atoms with Crippen molar-refractivity contribution in [2.75, 3.05) is 118 Å². The fourth-order valence-corrected chi connectivity index (χ4v) is 10.3. The highest BCUT2D eigenvalue weighted by atomic mass is 35.5. The molecule has 0 aliphatic carbocycles. The Balaban J connectivity index is 0.650. The van der Waals surface area contributed by atoms with Crippen molar-refractivity contribution < 1.29 is 28.5 Å². The van der Waals surface area contributed by atoms with E-state index in [-0.39, 0.29) is 23.9 Å². The number of fused-ring (bicyclic) bond motifs is 3. The third-order valence-corrected chi connectivity index (χ3v) is 13.8. The molecule has 16 nitrogen and oxygen atoms in total. The van der Waals surface area contributed by atoms with Crippen LogP contribution in [0.2, 0.25) is 20.1 Å². The molecule has 20 heteroatoms. The number of likely N-dealkylation sites (N-methyl/N-ethyl adjacent to an activating group) is 2. The molecule has 4 amide bonds. The molecule has 2 aliphatic rings. The van der Waals surface area contributed by atoms with Crippen molar-refractivity contribution >= 4 is 81.3 Å². The maximum Gasteiger partial charge on any atom is 0.314 e. The first-order chi connectivity index (χ1) is 35.0. The zero-order valence-electron chi connectivity index (χ0n) is 41.0. The van der Waals surface area contributed by atoms with Gasteiger partial charge in [0.1, 0.15) is 0 Å². The molecule has 2 atom stereocenters. The molecule has 0 spiro atoms. The maximum atomic E-state index is 12.2. The number of nitrogens with zero attached hydrogens (tertiary/aromatic N) is 4. The largest absolute Gasteiger partial charge is 0.382 e. The van der Waals surface area contributed by atoms with Gasteiger partial charge in [0, 0.05) is 114 Å². The molecule has 7 rings (SSSR count). The van der Waals surface area contributed by atoms with Crippen molar-refractivity contribution in [1.82, 2.24) is 40.8 Å². The number of carbonyl (C=O) groups excluding carboxylic acids is 2. The first kappa shape index (κ1) is 55.0. The second kappa shape index (κ2) is 28.1. The van der Waals surface area contributed by atoms with E-state index in [1.807, 2.05) is 35.1 Å². The molecule has 388 valence electrons. The van der Waals surface area contributed by atoms with Crippen LogP contribution in [0.1, 0.15) is 63.6 Å². The third kappa shape index (κ3) is 15.9. The number of hydrogen-bond donors (Lipinski definition) is 6. The molecule has 0 bridgehead atoms. The quantitative estimate of drug-likeness (QED) is 0.0221. The van der Waals surface area contributed by atoms with Gasteiger partial charge in [0.15, 0.2) is 0 Å². The fraction of sp³-hybridized carbons (Fsp3) is 0.462. The molecule has 0 saturated carbocycles. The molecule has 1 aromatic heterocycles. The summed E-state index contributed by atoms with van der Waals surface area (Å²) in [7, 11) is 4.19. The summed E-state index contributed by atoms with van der Waals surface area (Å²) in [5.41, 5.74) is 9.54. The van der Waals surface area contributed by atoms with Gasteiger partial charge in [0.2, 0.25) is 0 Å². The van der Waals surface area contributed by atoms with Crippen LogP contribution in [0.25, 0.3) is 10.9 Å².